The summed E-state index contributed by atoms with van der Waals surface area (Å²) in [5, 5.41) is 11.6. The van der Waals surface area contributed by atoms with Crippen LogP contribution in [-0.4, -0.2) is 42.8 Å². The van der Waals surface area contributed by atoms with E-state index < -0.39 is 14.9 Å². The molecule has 0 saturated carbocycles. The number of hydrogen-bond acceptors (Lipinski definition) is 6. The van der Waals surface area contributed by atoms with Crippen molar-refractivity contribution in [1.29, 1.82) is 0 Å². The van der Waals surface area contributed by atoms with Crippen molar-refractivity contribution in [2.24, 2.45) is 0 Å². The lowest BCUT2D eigenvalue weighted by Gasteiger charge is -2.26. The van der Waals surface area contributed by atoms with Crippen LogP contribution >= 0.6 is 0 Å². The van der Waals surface area contributed by atoms with Crippen molar-refractivity contribution in [3.63, 3.8) is 0 Å². The van der Waals surface area contributed by atoms with Crippen LogP contribution in [0.15, 0.2) is 47.5 Å². The number of nitro benzene ring substituents is 1. The minimum absolute atomic E-state index is 0.0360. The topological polar surface area (TPSA) is 96.7 Å². The van der Waals surface area contributed by atoms with E-state index in [-0.39, 0.29) is 10.6 Å². The molecule has 1 fully saturated rings. The summed E-state index contributed by atoms with van der Waals surface area (Å²) in [6.07, 6.45) is 4.29. The number of nitrogens with zero attached hydrogens (tertiary/aromatic N) is 4. The van der Waals surface area contributed by atoms with Gasteiger partial charge in [0.25, 0.3) is 5.69 Å². The van der Waals surface area contributed by atoms with Crippen LogP contribution in [-0.2, 0) is 16.6 Å². The Kier molecular flexibility index (Phi) is 5.71. The second-order valence-electron chi connectivity index (χ2n) is 6.55. The van der Waals surface area contributed by atoms with Crippen molar-refractivity contribution < 1.29 is 13.3 Å². The Morgan fingerprint density at radius 3 is 2.56 bits per heavy atom. The molecule has 27 heavy (non-hydrogen) atoms. The van der Waals surface area contributed by atoms with E-state index in [9.17, 15) is 18.5 Å². The normalized spacial score (nSPS) is 15.4. The van der Waals surface area contributed by atoms with Crippen molar-refractivity contribution in [2.75, 3.05) is 25.0 Å². The number of piperidine rings is 1. The fourth-order valence-corrected chi connectivity index (χ4v) is 4.74. The van der Waals surface area contributed by atoms with Crippen LogP contribution in [0.4, 0.5) is 11.4 Å². The van der Waals surface area contributed by atoms with E-state index in [0.717, 1.165) is 31.0 Å². The van der Waals surface area contributed by atoms with E-state index in [2.05, 4.69) is 4.98 Å². The molecule has 3 rings (SSSR count). The second-order valence-corrected chi connectivity index (χ2v) is 8.49. The quantitative estimate of drug-likeness (QED) is 0.556. The monoisotopic (exact) mass is 390 g/mol. The molecule has 1 aromatic carbocycles. The van der Waals surface area contributed by atoms with Crippen molar-refractivity contribution in [3.05, 3.63) is 58.4 Å². The molecule has 2 aromatic rings. The first-order chi connectivity index (χ1) is 12.9. The summed E-state index contributed by atoms with van der Waals surface area (Å²) in [4.78, 5) is 16.9. The Labute approximate surface area is 158 Å². The number of benzene rings is 1. The van der Waals surface area contributed by atoms with Crippen LogP contribution < -0.4 is 4.90 Å². The first-order valence-corrected chi connectivity index (χ1v) is 10.2. The lowest BCUT2D eigenvalue weighted by molar-refractivity contribution is -0.384. The molecule has 2 heterocycles. The number of nitro groups is 1. The summed E-state index contributed by atoms with van der Waals surface area (Å²) in [5.41, 5.74) is 0.883. The molecule has 9 heteroatoms. The first-order valence-electron chi connectivity index (χ1n) is 8.79. The summed E-state index contributed by atoms with van der Waals surface area (Å²) in [6, 6.07) is 9.58. The predicted octanol–water partition coefficient (Wildman–Crippen LogP) is 2.80. The highest BCUT2D eigenvalue weighted by atomic mass is 32.2. The molecule has 144 valence electrons. The van der Waals surface area contributed by atoms with E-state index >= 15 is 0 Å². The summed E-state index contributed by atoms with van der Waals surface area (Å²) in [5.74, 6) is 0. The number of hydrogen-bond donors (Lipinski definition) is 0. The SMILES string of the molecule is CN(Cc1ccccn1)c1ccc(S(=O)(=O)N2CCCCC2)cc1[N+](=O)[O-]. The molecular weight excluding hydrogens is 368 g/mol. The van der Waals surface area contributed by atoms with Gasteiger partial charge in [-0.15, -0.1) is 0 Å². The van der Waals surface area contributed by atoms with Gasteiger partial charge in [0.1, 0.15) is 5.69 Å². The summed E-state index contributed by atoms with van der Waals surface area (Å²) >= 11 is 0. The van der Waals surface area contributed by atoms with E-state index in [1.807, 2.05) is 12.1 Å². The number of anilines is 1. The number of aromatic nitrogens is 1. The van der Waals surface area contributed by atoms with Gasteiger partial charge in [-0.3, -0.25) is 15.1 Å². The Hall–Kier alpha value is -2.52. The van der Waals surface area contributed by atoms with E-state index in [1.165, 1.54) is 16.4 Å². The maximum absolute atomic E-state index is 12.8. The van der Waals surface area contributed by atoms with Crippen molar-refractivity contribution in [1.82, 2.24) is 9.29 Å². The molecule has 1 aliphatic heterocycles. The lowest BCUT2D eigenvalue weighted by Crippen LogP contribution is -2.35. The van der Waals surface area contributed by atoms with Crippen molar-refractivity contribution in [2.45, 2.75) is 30.7 Å². The Bertz CT molecular complexity index is 912. The molecule has 0 aliphatic carbocycles. The minimum atomic E-state index is -3.72. The molecule has 0 bridgehead atoms. The highest BCUT2D eigenvalue weighted by molar-refractivity contribution is 7.89. The standard InChI is InChI=1S/C18H22N4O4S/c1-20(14-15-7-3-4-10-19-15)17-9-8-16(13-18(17)22(23)24)27(25,26)21-11-5-2-6-12-21/h3-4,7-10,13H,2,5-6,11-12,14H2,1H3. The van der Waals surface area contributed by atoms with Gasteiger partial charge >= 0.3 is 0 Å². The van der Waals surface area contributed by atoms with Crippen molar-refractivity contribution in [3.8, 4) is 0 Å². The van der Waals surface area contributed by atoms with E-state index in [4.69, 9.17) is 0 Å². The zero-order valence-electron chi connectivity index (χ0n) is 15.1. The van der Waals surface area contributed by atoms with Crippen LogP contribution in [0.25, 0.3) is 0 Å². The summed E-state index contributed by atoms with van der Waals surface area (Å²) in [6.45, 7) is 1.29. The number of pyridine rings is 1. The Balaban J connectivity index is 1.92. The number of rotatable bonds is 6. The van der Waals surface area contributed by atoms with Crippen molar-refractivity contribution >= 4 is 21.4 Å². The van der Waals surface area contributed by atoms with Gasteiger partial charge in [0.15, 0.2) is 0 Å². The molecular formula is C18H22N4O4S. The van der Waals surface area contributed by atoms with Gasteiger partial charge in [-0.05, 0) is 37.1 Å². The van der Waals surface area contributed by atoms with Crippen LogP contribution in [0.5, 0.6) is 0 Å². The third-order valence-corrected chi connectivity index (χ3v) is 6.53. The fourth-order valence-electron chi connectivity index (χ4n) is 3.21. The molecule has 0 N–H and O–H groups in total. The predicted molar refractivity (Wildman–Crippen MR) is 102 cm³/mol. The summed E-state index contributed by atoms with van der Waals surface area (Å²) in [7, 11) is -2.00. The van der Waals surface area contributed by atoms with E-state index in [0.29, 0.717) is 25.3 Å². The molecule has 0 spiro atoms. The van der Waals surface area contributed by atoms with Crippen LogP contribution in [0.3, 0.4) is 0 Å². The van der Waals surface area contributed by atoms with Crippen LogP contribution in [0.2, 0.25) is 0 Å². The lowest BCUT2D eigenvalue weighted by atomic mass is 10.2. The summed E-state index contributed by atoms with van der Waals surface area (Å²) < 4.78 is 27.0. The minimum Gasteiger partial charge on any atom is -0.363 e. The zero-order chi connectivity index (χ0) is 19.4. The van der Waals surface area contributed by atoms with Gasteiger partial charge in [0.2, 0.25) is 10.0 Å². The largest absolute Gasteiger partial charge is 0.363 e. The van der Waals surface area contributed by atoms with Gasteiger partial charge in [-0.2, -0.15) is 4.31 Å². The average molecular weight is 390 g/mol. The zero-order valence-corrected chi connectivity index (χ0v) is 15.9. The second kappa shape index (κ2) is 8.01. The highest BCUT2D eigenvalue weighted by Crippen LogP contribution is 2.32. The molecule has 1 saturated heterocycles. The van der Waals surface area contributed by atoms with Gasteiger partial charge in [0.05, 0.1) is 22.1 Å². The third kappa shape index (κ3) is 4.25. The third-order valence-electron chi connectivity index (χ3n) is 4.63. The Morgan fingerprint density at radius 1 is 1.19 bits per heavy atom. The van der Waals surface area contributed by atoms with Crippen LogP contribution in [0, 0.1) is 10.1 Å². The molecule has 0 atom stereocenters. The first kappa shape index (κ1) is 19.2. The fraction of sp³-hybridized carbons (Fsp3) is 0.389. The van der Waals surface area contributed by atoms with Gasteiger partial charge < -0.3 is 4.90 Å². The number of sulfonamides is 1. The highest BCUT2D eigenvalue weighted by Gasteiger charge is 2.29. The average Bonchev–Trinajstić information content (AvgIpc) is 2.69. The van der Waals surface area contributed by atoms with Gasteiger partial charge in [-0.25, -0.2) is 8.42 Å². The molecule has 1 aromatic heterocycles. The molecule has 0 radical (unpaired) electrons. The maximum Gasteiger partial charge on any atom is 0.293 e. The Morgan fingerprint density at radius 2 is 1.93 bits per heavy atom. The van der Waals surface area contributed by atoms with E-state index in [1.54, 1.807) is 24.2 Å². The van der Waals surface area contributed by atoms with Gasteiger partial charge in [-0.1, -0.05) is 12.5 Å². The maximum atomic E-state index is 12.8. The smallest absolute Gasteiger partial charge is 0.293 e. The molecule has 8 nitrogen and oxygen atoms in total. The molecule has 1 aliphatic rings. The van der Waals surface area contributed by atoms with Crippen LogP contribution in [0.1, 0.15) is 25.0 Å². The molecule has 0 amide bonds. The molecule has 0 unspecified atom stereocenters. The van der Waals surface area contributed by atoms with Gasteiger partial charge in [0, 0.05) is 32.4 Å².